The van der Waals surface area contributed by atoms with Crippen LogP contribution >= 0.6 is 0 Å². The zero-order chi connectivity index (χ0) is 13.9. The van der Waals surface area contributed by atoms with Crippen LogP contribution in [0.3, 0.4) is 0 Å². The van der Waals surface area contributed by atoms with E-state index < -0.39 is 5.97 Å². The fourth-order valence-corrected chi connectivity index (χ4v) is 3.06. The molecule has 0 radical (unpaired) electrons. The number of carboxylic acids is 1. The van der Waals surface area contributed by atoms with Crippen molar-refractivity contribution in [1.29, 1.82) is 0 Å². The Kier molecular flexibility index (Phi) is 4.45. The van der Waals surface area contributed by atoms with Gasteiger partial charge < -0.3 is 15.3 Å². The average Bonchev–Trinajstić information content (AvgIpc) is 3.04. The molecule has 2 N–H and O–H groups in total. The highest BCUT2D eigenvalue weighted by molar-refractivity contribution is 5.86. The summed E-state index contributed by atoms with van der Waals surface area (Å²) in [5.41, 5.74) is -0.362. The highest BCUT2D eigenvalue weighted by atomic mass is 16.4. The van der Waals surface area contributed by atoms with Gasteiger partial charge in [0.1, 0.15) is 6.54 Å². The minimum absolute atomic E-state index is 0.0497. The Morgan fingerprint density at radius 3 is 2.63 bits per heavy atom. The summed E-state index contributed by atoms with van der Waals surface area (Å²) in [5.74, 6) is -0.336. The van der Waals surface area contributed by atoms with Gasteiger partial charge >= 0.3 is 5.97 Å². The first kappa shape index (κ1) is 14.3. The van der Waals surface area contributed by atoms with Crippen LogP contribution in [0.4, 0.5) is 0 Å². The van der Waals surface area contributed by atoms with Crippen LogP contribution in [0.15, 0.2) is 0 Å². The summed E-state index contributed by atoms with van der Waals surface area (Å²) in [4.78, 5) is 25.3. The Hall–Kier alpha value is -1.10. The van der Waals surface area contributed by atoms with Crippen molar-refractivity contribution in [3.8, 4) is 0 Å². The van der Waals surface area contributed by atoms with Gasteiger partial charge in [-0.3, -0.25) is 9.59 Å². The van der Waals surface area contributed by atoms with Gasteiger partial charge in [0.05, 0.1) is 5.41 Å². The van der Waals surface area contributed by atoms with E-state index in [4.69, 9.17) is 5.11 Å². The predicted molar refractivity (Wildman–Crippen MR) is 71.8 cm³/mol. The van der Waals surface area contributed by atoms with Crippen LogP contribution < -0.4 is 5.32 Å². The predicted octanol–water partition coefficient (Wildman–Crippen LogP) is 1.09. The third kappa shape index (κ3) is 3.47. The van der Waals surface area contributed by atoms with Crippen LogP contribution in [-0.4, -0.2) is 48.1 Å². The number of nitrogens with one attached hydrogen (secondary N) is 1. The topological polar surface area (TPSA) is 69.6 Å². The fraction of sp³-hybridized carbons (Fsp3) is 0.857. The molecule has 1 heterocycles. The maximum atomic E-state index is 12.8. The van der Waals surface area contributed by atoms with E-state index in [1.807, 2.05) is 0 Å². The van der Waals surface area contributed by atoms with Gasteiger partial charge in [-0.25, -0.2) is 0 Å². The molecule has 2 aliphatic rings. The summed E-state index contributed by atoms with van der Waals surface area (Å²) in [6, 6.07) is 0. The molecule has 1 saturated heterocycles. The number of carbonyl (C=O) groups excluding carboxylic acids is 1. The van der Waals surface area contributed by atoms with Crippen molar-refractivity contribution >= 4 is 11.9 Å². The normalized spacial score (nSPS) is 26.4. The molecule has 19 heavy (non-hydrogen) atoms. The Balaban J connectivity index is 2.08. The highest BCUT2D eigenvalue weighted by Gasteiger charge is 2.44. The Morgan fingerprint density at radius 1 is 1.42 bits per heavy atom. The molecule has 0 spiro atoms. The molecule has 1 saturated carbocycles. The number of rotatable bonds is 7. The van der Waals surface area contributed by atoms with E-state index in [1.54, 1.807) is 4.90 Å². The van der Waals surface area contributed by atoms with Crippen LogP contribution in [0.2, 0.25) is 0 Å². The molecule has 2 fully saturated rings. The monoisotopic (exact) mass is 268 g/mol. The lowest BCUT2D eigenvalue weighted by Gasteiger charge is -2.33. The molecule has 1 atom stereocenters. The Labute approximate surface area is 114 Å². The van der Waals surface area contributed by atoms with Crippen LogP contribution in [0, 0.1) is 11.3 Å². The van der Waals surface area contributed by atoms with Gasteiger partial charge in [-0.1, -0.05) is 13.3 Å². The molecule has 5 nitrogen and oxygen atoms in total. The maximum absolute atomic E-state index is 12.8. The van der Waals surface area contributed by atoms with Crippen LogP contribution in [0.25, 0.3) is 0 Å². The molecule has 5 heteroatoms. The van der Waals surface area contributed by atoms with Gasteiger partial charge in [-0.2, -0.15) is 0 Å². The quantitative estimate of drug-likeness (QED) is 0.725. The van der Waals surface area contributed by atoms with E-state index in [0.29, 0.717) is 19.0 Å². The molecular weight excluding hydrogens is 244 g/mol. The molecule has 0 aromatic rings. The highest BCUT2D eigenvalue weighted by Crippen LogP contribution is 2.36. The largest absolute Gasteiger partial charge is 0.480 e. The number of carbonyl (C=O) groups is 2. The number of hydrogen-bond donors (Lipinski definition) is 2. The summed E-state index contributed by atoms with van der Waals surface area (Å²) >= 11 is 0. The van der Waals surface area contributed by atoms with Crippen LogP contribution in [0.5, 0.6) is 0 Å². The minimum atomic E-state index is -0.911. The number of aliphatic carboxylic acids is 1. The molecular formula is C14H24N2O3. The number of amides is 1. The van der Waals surface area contributed by atoms with Gasteiger partial charge in [0.2, 0.25) is 5.91 Å². The van der Waals surface area contributed by atoms with Gasteiger partial charge in [-0.15, -0.1) is 0 Å². The van der Waals surface area contributed by atoms with Crippen LogP contribution in [0.1, 0.15) is 39.0 Å². The number of carboxylic acid groups (broad SMARTS) is 1. The third-order valence-electron chi connectivity index (χ3n) is 4.21. The van der Waals surface area contributed by atoms with E-state index in [-0.39, 0.29) is 17.9 Å². The van der Waals surface area contributed by atoms with Crippen molar-refractivity contribution in [3.05, 3.63) is 0 Å². The van der Waals surface area contributed by atoms with E-state index in [2.05, 4.69) is 12.2 Å². The molecule has 1 amide bonds. The molecule has 1 unspecified atom stereocenters. The number of hydrogen-bond acceptors (Lipinski definition) is 3. The summed E-state index contributed by atoms with van der Waals surface area (Å²) in [5, 5.41) is 12.3. The second-order valence-electron chi connectivity index (χ2n) is 5.98. The van der Waals surface area contributed by atoms with Crippen molar-refractivity contribution in [2.24, 2.45) is 11.3 Å². The standard InChI is InChI=1S/C14H24N2O3/c1-2-5-14(6-7-15-10-14)13(19)16(9-12(17)18)8-11-3-4-11/h11,15H,2-10H2,1H3,(H,17,18). The zero-order valence-corrected chi connectivity index (χ0v) is 11.7. The van der Waals surface area contributed by atoms with Crippen molar-refractivity contribution in [3.63, 3.8) is 0 Å². The smallest absolute Gasteiger partial charge is 0.323 e. The second kappa shape index (κ2) is 5.90. The summed E-state index contributed by atoms with van der Waals surface area (Å²) in [7, 11) is 0. The van der Waals surface area contributed by atoms with E-state index in [0.717, 1.165) is 38.6 Å². The zero-order valence-electron chi connectivity index (χ0n) is 11.7. The second-order valence-corrected chi connectivity index (χ2v) is 5.98. The van der Waals surface area contributed by atoms with Gasteiger partial charge in [0.15, 0.2) is 0 Å². The molecule has 1 aliphatic carbocycles. The van der Waals surface area contributed by atoms with Gasteiger partial charge in [0, 0.05) is 13.1 Å². The summed E-state index contributed by atoms with van der Waals surface area (Å²) in [6.07, 6.45) is 4.89. The average molecular weight is 268 g/mol. The summed E-state index contributed by atoms with van der Waals surface area (Å²) < 4.78 is 0. The molecule has 0 aromatic carbocycles. The minimum Gasteiger partial charge on any atom is -0.480 e. The Bertz CT molecular complexity index is 347. The van der Waals surface area contributed by atoms with Gasteiger partial charge in [-0.05, 0) is 38.1 Å². The van der Waals surface area contributed by atoms with Gasteiger partial charge in [0.25, 0.3) is 0 Å². The number of nitrogens with zero attached hydrogens (tertiary/aromatic N) is 1. The van der Waals surface area contributed by atoms with E-state index >= 15 is 0 Å². The molecule has 0 bridgehead atoms. The molecule has 2 rings (SSSR count). The molecule has 1 aliphatic heterocycles. The first-order chi connectivity index (χ1) is 9.07. The van der Waals surface area contributed by atoms with Crippen molar-refractivity contribution in [1.82, 2.24) is 10.2 Å². The van der Waals surface area contributed by atoms with Crippen molar-refractivity contribution in [2.75, 3.05) is 26.2 Å². The first-order valence-corrected chi connectivity index (χ1v) is 7.29. The SMILES string of the molecule is CCCC1(C(=O)N(CC(=O)O)CC2CC2)CCNC1. The van der Waals surface area contributed by atoms with E-state index in [1.165, 1.54) is 0 Å². The van der Waals surface area contributed by atoms with Crippen molar-refractivity contribution in [2.45, 2.75) is 39.0 Å². The van der Waals surface area contributed by atoms with Crippen molar-refractivity contribution < 1.29 is 14.7 Å². The molecule has 108 valence electrons. The van der Waals surface area contributed by atoms with Crippen LogP contribution in [-0.2, 0) is 9.59 Å². The first-order valence-electron chi connectivity index (χ1n) is 7.29. The van der Waals surface area contributed by atoms with E-state index in [9.17, 15) is 9.59 Å². The Morgan fingerprint density at radius 2 is 2.16 bits per heavy atom. The lowest BCUT2D eigenvalue weighted by Crippen LogP contribution is -2.48. The fourth-order valence-electron chi connectivity index (χ4n) is 3.06. The maximum Gasteiger partial charge on any atom is 0.323 e. The third-order valence-corrected chi connectivity index (χ3v) is 4.21. The summed E-state index contributed by atoms with van der Waals surface area (Å²) in [6.45, 7) is 4.10. The molecule has 0 aromatic heterocycles. The lowest BCUT2D eigenvalue weighted by molar-refractivity contribution is -0.149. The lowest BCUT2D eigenvalue weighted by atomic mass is 9.81.